The molecule has 146 valence electrons. The van der Waals surface area contributed by atoms with E-state index in [0.29, 0.717) is 11.6 Å². The highest BCUT2D eigenvalue weighted by Gasteiger charge is 2.11. The van der Waals surface area contributed by atoms with E-state index in [1.807, 2.05) is 66.7 Å². The lowest BCUT2D eigenvalue weighted by Crippen LogP contribution is -2.29. The van der Waals surface area contributed by atoms with Crippen molar-refractivity contribution in [3.63, 3.8) is 0 Å². The van der Waals surface area contributed by atoms with Crippen LogP contribution in [0.15, 0.2) is 66.7 Å². The molecule has 0 aliphatic rings. The molecule has 3 aromatic carbocycles. The number of ether oxygens (including phenoxy) is 2. The fourth-order valence-corrected chi connectivity index (χ4v) is 2.87. The molecule has 0 aliphatic carbocycles. The minimum absolute atomic E-state index is 0.0948. The Morgan fingerprint density at radius 2 is 1.76 bits per heavy atom. The van der Waals surface area contributed by atoms with Crippen LogP contribution in [0.2, 0.25) is 0 Å². The van der Waals surface area contributed by atoms with Crippen LogP contribution < -0.4 is 14.8 Å². The Labute approximate surface area is 167 Å². The molecule has 0 atom stereocenters. The summed E-state index contributed by atoms with van der Waals surface area (Å²) in [5.74, 6) is 1.63. The zero-order chi connectivity index (χ0) is 20.1. The van der Waals surface area contributed by atoms with E-state index in [1.165, 1.54) is 0 Å². The first-order chi connectivity index (χ1) is 14.2. The molecule has 1 heterocycles. The Morgan fingerprint density at radius 1 is 1.00 bits per heavy atom. The van der Waals surface area contributed by atoms with Gasteiger partial charge in [0.1, 0.15) is 11.5 Å². The number of hydrogen-bond acceptors (Lipinski definition) is 6. The number of aromatic nitrogens is 4. The quantitative estimate of drug-likeness (QED) is 0.522. The third-order valence-electron chi connectivity index (χ3n) is 4.39. The van der Waals surface area contributed by atoms with Crippen molar-refractivity contribution >= 4 is 16.7 Å². The van der Waals surface area contributed by atoms with Crippen LogP contribution in [0.1, 0.15) is 5.82 Å². The fraction of sp³-hybridized carbons (Fsp3) is 0.143. The molecule has 0 spiro atoms. The number of carbonyl (C=O) groups excluding carboxylic acids is 1. The molecule has 4 rings (SSSR count). The van der Waals surface area contributed by atoms with Crippen molar-refractivity contribution < 1.29 is 14.3 Å². The number of hydrogen-bond donors (Lipinski definition) is 1. The number of tetrazole rings is 1. The molecular weight excluding hydrogens is 370 g/mol. The number of nitrogens with zero attached hydrogens (tertiary/aromatic N) is 4. The molecule has 0 bridgehead atoms. The summed E-state index contributed by atoms with van der Waals surface area (Å²) in [5, 5.41) is 16.6. The van der Waals surface area contributed by atoms with Crippen LogP contribution in [0, 0.1) is 0 Å². The van der Waals surface area contributed by atoms with Gasteiger partial charge in [0.05, 0.1) is 19.3 Å². The summed E-state index contributed by atoms with van der Waals surface area (Å²) in [7, 11) is 1.60. The highest BCUT2D eigenvalue weighted by Crippen LogP contribution is 2.20. The molecule has 1 N–H and O–H groups in total. The summed E-state index contributed by atoms with van der Waals surface area (Å²) >= 11 is 0. The zero-order valence-electron chi connectivity index (χ0n) is 15.8. The Balaban J connectivity index is 1.34. The molecule has 0 fully saturated rings. The molecule has 8 nitrogen and oxygen atoms in total. The second kappa shape index (κ2) is 8.39. The molecule has 0 saturated carbocycles. The predicted molar refractivity (Wildman–Crippen MR) is 107 cm³/mol. The van der Waals surface area contributed by atoms with Gasteiger partial charge in [0.25, 0.3) is 5.91 Å². The second-order valence-corrected chi connectivity index (χ2v) is 6.28. The number of carbonyl (C=O) groups is 1. The van der Waals surface area contributed by atoms with E-state index in [2.05, 4.69) is 20.8 Å². The normalized spacial score (nSPS) is 10.7. The highest BCUT2D eigenvalue weighted by atomic mass is 16.5. The number of amides is 1. The Morgan fingerprint density at radius 3 is 2.55 bits per heavy atom. The third-order valence-corrected chi connectivity index (χ3v) is 4.39. The summed E-state index contributed by atoms with van der Waals surface area (Å²) < 4.78 is 12.3. The van der Waals surface area contributed by atoms with Gasteiger partial charge in [-0.25, -0.2) is 0 Å². The van der Waals surface area contributed by atoms with Gasteiger partial charge in [-0.2, -0.15) is 4.68 Å². The third kappa shape index (κ3) is 4.32. The van der Waals surface area contributed by atoms with Crippen molar-refractivity contribution in [1.29, 1.82) is 0 Å². The van der Waals surface area contributed by atoms with Crippen LogP contribution in [0.5, 0.6) is 11.5 Å². The van der Waals surface area contributed by atoms with Crippen molar-refractivity contribution in [2.75, 3.05) is 13.7 Å². The SMILES string of the molecule is COc1ccc(-n2nnnc2CNC(=O)COc2ccc3ccccc3c2)cc1. The van der Waals surface area contributed by atoms with Crippen LogP contribution >= 0.6 is 0 Å². The molecule has 0 saturated heterocycles. The molecule has 0 radical (unpaired) electrons. The molecule has 8 heteroatoms. The largest absolute Gasteiger partial charge is 0.497 e. The van der Waals surface area contributed by atoms with Crippen LogP contribution in [-0.4, -0.2) is 39.8 Å². The number of methoxy groups -OCH3 is 1. The van der Waals surface area contributed by atoms with Gasteiger partial charge in [-0.3, -0.25) is 4.79 Å². The monoisotopic (exact) mass is 389 g/mol. The van der Waals surface area contributed by atoms with Gasteiger partial charge in [-0.1, -0.05) is 30.3 Å². The number of fused-ring (bicyclic) bond motifs is 1. The Bertz CT molecular complexity index is 1120. The number of benzene rings is 3. The van der Waals surface area contributed by atoms with E-state index in [9.17, 15) is 4.79 Å². The van der Waals surface area contributed by atoms with Crippen LogP contribution in [-0.2, 0) is 11.3 Å². The smallest absolute Gasteiger partial charge is 0.258 e. The fourth-order valence-electron chi connectivity index (χ4n) is 2.87. The Hall–Kier alpha value is -3.94. The molecule has 1 aromatic heterocycles. The van der Waals surface area contributed by atoms with Crippen molar-refractivity contribution in [3.05, 3.63) is 72.6 Å². The van der Waals surface area contributed by atoms with E-state index in [4.69, 9.17) is 9.47 Å². The van der Waals surface area contributed by atoms with E-state index in [1.54, 1.807) is 11.8 Å². The van der Waals surface area contributed by atoms with Gasteiger partial charge in [-0.05, 0) is 57.6 Å². The van der Waals surface area contributed by atoms with Gasteiger partial charge in [-0.15, -0.1) is 5.10 Å². The lowest BCUT2D eigenvalue weighted by atomic mass is 10.1. The van der Waals surface area contributed by atoms with Crippen molar-refractivity contribution in [2.45, 2.75) is 6.54 Å². The van der Waals surface area contributed by atoms with Crippen LogP contribution in [0.25, 0.3) is 16.5 Å². The van der Waals surface area contributed by atoms with E-state index in [0.717, 1.165) is 22.2 Å². The van der Waals surface area contributed by atoms with Crippen molar-refractivity contribution in [1.82, 2.24) is 25.5 Å². The average Bonchev–Trinajstić information content (AvgIpc) is 3.25. The topological polar surface area (TPSA) is 91.2 Å². The summed E-state index contributed by atoms with van der Waals surface area (Å²) in [6.07, 6.45) is 0. The van der Waals surface area contributed by atoms with Crippen molar-refractivity contribution in [3.8, 4) is 17.2 Å². The zero-order valence-corrected chi connectivity index (χ0v) is 15.8. The first kappa shape index (κ1) is 18.4. The second-order valence-electron chi connectivity index (χ2n) is 6.28. The molecule has 1 amide bonds. The molecular formula is C21H19N5O3. The van der Waals surface area contributed by atoms with Crippen molar-refractivity contribution in [2.24, 2.45) is 0 Å². The van der Waals surface area contributed by atoms with Gasteiger partial charge in [0, 0.05) is 0 Å². The molecule has 4 aromatic rings. The van der Waals surface area contributed by atoms with Gasteiger partial charge >= 0.3 is 0 Å². The van der Waals surface area contributed by atoms with E-state index >= 15 is 0 Å². The number of nitrogens with one attached hydrogen (secondary N) is 1. The standard InChI is InChI=1S/C21H19N5O3/c1-28-18-10-7-17(8-11-18)26-20(23-24-25-26)13-22-21(27)14-29-19-9-6-15-4-2-3-5-16(15)12-19/h2-12H,13-14H2,1H3,(H,22,27). The summed E-state index contributed by atoms with van der Waals surface area (Å²) in [4.78, 5) is 12.2. The maximum absolute atomic E-state index is 12.2. The summed E-state index contributed by atoms with van der Waals surface area (Å²) in [6, 6.07) is 21.0. The summed E-state index contributed by atoms with van der Waals surface area (Å²) in [5.41, 5.74) is 0.771. The summed E-state index contributed by atoms with van der Waals surface area (Å²) in [6.45, 7) is 0.0847. The minimum Gasteiger partial charge on any atom is -0.497 e. The van der Waals surface area contributed by atoms with Crippen LogP contribution in [0.4, 0.5) is 0 Å². The predicted octanol–water partition coefficient (Wildman–Crippen LogP) is 2.52. The highest BCUT2D eigenvalue weighted by molar-refractivity contribution is 5.84. The number of rotatable bonds is 7. The van der Waals surface area contributed by atoms with E-state index in [-0.39, 0.29) is 19.1 Å². The maximum Gasteiger partial charge on any atom is 0.258 e. The lowest BCUT2D eigenvalue weighted by molar-refractivity contribution is -0.123. The van der Waals surface area contributed by atoms with Gasteiger partial charge < -0.3 is 14.8 Å². The minimum atomic E-state index is -0.262. The molecule has 0 unspecified atom stereocenters. The maximum atomic E-state index is 12.2. The first-order valence-corrected chi connectivity index (χ1v) is 9.03. The van der Waals surface area contributed by atoms with Gasteiger partial charge in [0.15, 0.2) is 12.4 Å². The first-order valence-electron chi connectivity index (χ1n) is 9.03. The van der Waals surface area contributed by atoms with Gasteiger partial charge in [0.2, 0.25) is 0 Å². The molecule has 0 aliphatic heterocycles. The van der Waals surface area contributed by atoms with Crippen LogP contribution in [0.3, 0.4) is 0 Å². The lowest BCUT2D eigenvalue weighted by Gasteiger charge is -2.09. The average molecular weight is 389 g/mol. The van der Waals surface area contributed by atoms with E-state index < -0.39 is 0 Å². The Kier molecular flexibility index (Phi) is 5.33. The molecule has 29 heavy (non-hydrogen) atoms.